The van der Waals surface area contributed by atoms with Gasteiger partial charge in [0.15, 0.2) is 0 Å². The van der Waals surface area contributed by atoms with Gasteiger partial charge in [-0.2, -0.15) is 0 Å². The number of carbonyl (C=O) groups is 1. The van der Waals surface area contributed by atoms with E-state index in [1.54, 1.807) is 0 Å². The summed E-state index contributed by atoms with van der Waals surface area (Å²) in [4.78, 5) is 14.1. The zero-order valence-electron chi connectivity index (χ0n) is 13.3. The molecule has 1 amide bonds. The van der Waals surface area contributed by atoms with E-state index in [1.165, 1.54) is 11.1 Å². The summed E-state index contributed by atoms with van der Waals surface area (Å²) in [6.45, 7) is 5.14. The zero-order chi connectivity index (χ0) is 15.0. The highest BCUT2D eigenvalue weighted by Gasteiger charge is 2.18. The summed E-state index contributed by atoms with van der Waals surface area (Å²) in [7, 11) is 3.85. The molecule has 3 heteroatoms. The van der Waals surface area contributed by atoms with E-state index in [4.69, 9.17) is 0 Å². The fourth-order valence-electron chi connectivity index (χ4n) is 2.35. The molecule has 0 spiro atoms. The van der Waals surface area contributed by atoms with Crippen LogP contribution in [0.4, 0.5) is 0 Å². The minimum absolute atomic E-state index is 0.249. The lowest BCUT2D eigenvalue weighted by Crippen LogP contribution is -2.38. The maximum Gasteiger partial charge on any atom is 0.222 e. The van der Waals surface area contributed by atoms with Crippen LogP contribution in [0.15, 0.2) is 24.3 Å². The highest BCUT2D eigenvalue weighted by atomic mass is 16.2. The lowest BCUT2D eigenvalue weighted by atomic mass is 10.0. The van der Waals surface area contributed by atoms with Crippen LogP contribution in [0.2, 0.25) is 0 Å². The van der Waals surface area contributed by atoms with Crippen molar-refractivity contribution in [3.63, 3.8) is 0 Å². The summed E-state index contributed by atoms with van der Waals surface area (Å²) in [6.07, 6.45) is 3.45. The molecule has 1 aromatic rings. The van der Waals surface area contributed by atoms with Crippen LogP contribution >= 0.6 is 0 Å². The molecule has 0 saturated heterocycles. The maximum absolute atomic E-state index is 12.2. The number of hydrogen-bond acceptors (Lipinski definition) is 2. The molecular formula is C17H28N2O. The SMILES string of the molecule is CCC(Cc1ccc(C)cc1)N(C)C(=O)CCCNC. The van der Waals surface area contributed by atoms with Crippen molar-refractivity contribution in [2.75, 3.05) is 20.6 Å². The second-order valence-electron chi connectivity index (χ2n) is 5.46. The molecule has 1 aromatic carbocycles. The van der Waals surface area contributed by atoms with Crippen LogP contribution in [0.25, 0.3) is 0 Å². The van der Waals surface area contributed by atoms with Crippen molar-refractivity contribution in [1.29, 1.82) is 0 Å². The molecule has 1 rings (SSSR count). The molecule has 0 bridgehead atoms. The summed E-state index contributed by atoms with van der Waals surface area (Å²) in [5.74, 6) is 0.249. The minimum Gasteiger partial charge on any atom is -0.342 e. The number of amides is 1. The smallest absolute Gasteiger partial charge is 0.222 e. The van der Waals surface area contributed by atoms with E-state index in [1.807, 2.05) is 19.0 Å². The van der Waals surface area contributed by atoms with Crippen molar-refractivity contribution in [3.8, 4) is 0 Å². The van der Waals surface area contributed by atoms with Crippen molar-refractivity contribution in [3.05, 3.63) is 35.4 Å². The highest BCUT2D eigenvalue weighted by Crippen LogP contribution is 2.13. The minimum atomic E-state index is 0.249. The van der Waals surface area contributed by atoms with Gasteiger partial charge in [-0.15, -0.1) is 0 Å². The Morgan fingerprint density at radius 2 is 1.95 bits per heavy atom. The summed E-state index contributed by atoms with van der Waals surface area (Å²) >= 11 is 0. The molecule has 0 radical (unpaired) electrons. The van der Waals surface area contributed by atoms with Gasteiger partial charge < -0.3 is 10.2 Å². The number of hydrogen-bond donors (Lipinski definition) is 1. The van der Waals surface area contributed by atoms with Crippen molar-refractivity contribution in [1.82, 2.24) is 10.2 Å². The van der Waals surface area contributed by atoms with E-state index in [-0.39, 0.29) is 5.91 Å². The highest BCUT2D eigenvalue weighted by molar-refractivity contribution is 5.76. The lowest BCUT2D eigenvalue weighted by molar-refractivity contribution is -0.132. The third-order valence-corrected chi connectivity index (χ3v) is 3.82. The second kappa shape index (κ2) is 8.75. The van der Waals surface area contributed by atoms with Crippen molar-refractivity contribution in [2.45, 2.75) is 45.6 Å². The summed E-state index contributed by atoms with van der Waals surface area (Å²) < 4.78 is 0. The van der Waals surface area contributed by atoms with Crippen molar-refractivity contribution >= 4 is 5.91 Å². The Hall–Kier alpha value is -1.35. The van der Waals surface area contributed by atoms with Gasteiger partial charge in [0.25, 0.3) is 0 Å². The maximum atomic E-state index is 12.2. The van der Waals surface area contributed by atoms with E-state index >= 15 is 0 Å². The van der Waals surface area contributed by atoms with E-state index in [0.717, 1.165) is 25.8 Å². The Labute approximate surface area is 123 Å². The van der Waals surface area contributed by atoms with Gasteiger partial charge in [0.05, 0.1) is 0 Å². The van der Waals surface area contributed by atoms with Gasteiger partial charge in [-0.25, -0.2) is 0 Å². The molecule has 1 N–H and O–H groups in total. The van der Waals surface area contributed by atoms with Gasteiger partial charge in [-0.3, -0.25) is 4.79 Å². The van der Waals surface area contributed by atoms with Crippen LogP contribution in [0.3, 0.4) is 0 Å². The molecule has 0 aliphatic carbocycles. The first-order chi connectivity index (χ1) is 9.58. The quantitative estimate of drug-likeness (QED) is 0.741. The molecule has 0 heterocycles. The number of nitrogens with one attached hydrogen (secondary N) is 1. The molecule has 0 aromatic heterocycles. The molecule has 20 heavy (non-hydrogen) atoms. The number of likely N-dealkylation sites (N-methyl/N-ethyl adjacent to an activating group) is 1. The molecule has 0 fully saturated rings. The summed E-state index contributed by atoms with van der Waals surface area (Å²) in [5, 5.41) is 3.08. The van der Waals surface area contributed by atoms with Crippen LogP contribution in [0.5, 0.6) is 0 Å². The van der Waals surface area contributed by atoms with E-state index in [9.17, 15) is 4.79 Å². The number of carbonyl (C=O) groups excluding carboxylic acids is 1. The Balaban J connectivity index is 2.55. The molecule has 1 atom stereocenters. The largest absolute Gasteiger partial charge is 0.342 e. The number of aryl methyl sites for hydroxylation is 1. The average molecular weight is 276 g/mol. The first kappa shape index (κ1) is 16.7. The van der Waals surface area contributed by atoms with Crippen LogP contribution in [-0.2, 0) is 11.2 Å². The van der Waals surface area contributed by atoms with Gasteiger partial charge >= 0.3 is 0 Å². The summed E-state index contributed by atoms with van der Waals surface area (Å²) in [5.41, 5.74) is 2.58. The Bertz CT molecular complexity index is 400. The fraction of sp³-hybridized carbons (Fsp3) is 0.588. The molecule has 112 valence electrons. The third-order valence-electron chi connectivity index (χ3n) is 3.82. The predicted octanol–water partition coefficient (Wildman–Crippen LogP) is 2.77. The summed E-state index contributed by atoms with van der Waals surface area (Å²) in [6, 6.07) is 8.89. The fourth-order valence-corrected chi connectivity index (χ4v) is 2.35. The van der Waals surface area contributed by atoms with Crippen LogP contribution < -0.4 is 5.32 Å². The van der Waals surface area contributed by atoms with Gasteiger partial charge in [0, 0.05) is 19.5 Å². The lowest BCUT2D eigenvalue weighted by Gasteiger charge is -2.27. The first-order valence-corrected chi connectivity index (χ1v) is 7.54. The van der Waals surface area contributed by atoms with Crippen LogP contribution in [0.1, 0.15) is 37.3 Å². The molecule has 0 aliphatic heterocycles. The van der Waals surface area contributed by atoms with Crippen molar-refractivity contribution in [2.24, 2.45) is 0 Å². The first-order valence-electron chi connectivity index (χ1n) is 7.54. The normalized spacial score (nSPS) is 12.2. The van der Waals surface area contributed by atoms with E-state index in [0.29, 0.717) is 12.5 Å². The van der Waals surface area contributed by atoms with Gasteiger partial charge in [-0.1, -0.05) is 36.8 Å². The van der Waals surface area contributed by atoms with E-state index < -0.39 is 0 Å². The van der Waals surface area contributed by atoms with Gasteiger partial charge in [-0.05, 0) is 45.3 Å². The average Bonchev–Trinajstić information content (AvgIpc) is 2.46. The van der Waals surface area contributed by atoms with Gasteiger partial charge in [0.1, 0.15) is 0 Å². The standard InChI is InChI=1S/C17H28N2O/c1-5-16(13-15-10-8-14(2)9-11-15)19(4)17(20)7-6-12-18-3/h8-11,16,18H,5-7,12-13H2,1-4H3. The Morgan fingerprint density at radius 3 is 2.50 bits per heavy atom. The molecular weight excluding hydrogens is 248 g/mol. The predicted molar refractivity (Wildman–Crippen MR) is 84.9 cm³/mol. The monoisotopic (exact) mass is 276 g/mol. The second-order valence-corrected chi connectivity index (χ2v) is 5.46. The Kier molecular flexibility index (Phi) is 7.31. The van der Waals surface area contributed by atoms with Crippen LogP contribution in [0, 0.1) is 6.92 Å². The molecule has 3 nitrogen and oxygen atoms in total. The number of nitrogens with zero attached hydrogens (tertiary/aromatic N) is 1. The molecule has 0 aliphatic rings. The third kappa shape index (κ3) is 5.33. The zero-order valence-corrected chi connectivity index (χ0v) is 13.3. The van der Waals surface area contributed by atoms with Gasteiger partial charge in [0.2, 0.25) is 5.91 Å². The number of benzene rings is 1. The Morgan fingerprint density at radius 1 is 1.30 bits per heavy atom. The van der Waals surface area contributed by atoms with Crippen LogP contribution in [-0.4, -0.2) is 37.5 Å². The van der Waals surface area contributed by atoms with Crippen molar-refractivity contribution < 1.29 is 4.79 Å². The number of rotatable bonds is 8. The molecule has 0 saturated carbocycles. The topological polar surface area (TPSA) is 32.3 Å². The molecule has 1 unspecified atom stereocenters. The van der Waals surface area contributed by atoms with E-state index in [2.05, 4.69) is 43.4 Å².